The van der Waals surface area contributed by atoms with Crippen molar-refractivity contribution in [2.75, 3.05) is 0 Å². The lowest BCUT2D eigenvalue weighted by atomic mass is 9.42. The maximum atomic E-state index is 12.8. The Morgan fingerprint density at radius 2 is 1.76 bits per heavy atom. The topological polar surface area (TPSA) is 38.8 Å². The molecule has 5 aliphatic rings. The van der Waals surface area contributed by atoms with Gasteiger partial charge >= 0.3 is 5.97 Å². The van der Waals surface area contributed by atoms with Gasteiger partial charge in [-0.3, -0.25) is 0 Å². The second kappa shape index (κ2) is 9.64. The van der Waals surface area contributed by atoms with Crippen molar-refractivity contribution in [1.82, 2.24) is 0 Å². The molecule has 1 aromatic rings. The van der Waals surface area contributed by atoms with E-state index in [4.69, 9.17) is 9.47 Å². The summed E-state index contributed by atoms with van der Waals surface area (Å²) >= 11 is 0. The molecule has 1 aliphatic heterocycles. The molecule has 1 spiro atoms. The number of hydrogen-bond acceptors (Lipinski definition) is 3. The lowest BCUT2D eigenvalue weighted by Gasteiger charge is -2.61. The van der Waals surface area contributed by atoms with E-state index in [0.29, 0.717) is 23.0 Å². The monoisotopic (exact) mass is 520 g/mol. The molecule has 1 aromatic carbocycles. The standard InChI is InChI=1S/C35H52O3/c1-22(2)11-10-12-23(3)27-15-16-28-30-24(4)31-35(38-31)21-26(37-32(36)25-13-8-7-9-14-25)17-20-34(35,6)29(30)18-19-33(27,28)5/h7-9,13-14,22-24,26-31H,10-12,15-21H2,1-6H3/t23-,24+,26+,27+,28-,29-,30-,31+,33+,34-,35+/m1/s1. The van der Waals surface area contributed by atoms with Gasteiger partial charge in [0.1, 0.15) is 11.7 Å². The third kappa shape index (κ3) is 4.03. The van der Waals surface area contributed by atoms with Crippen LogP contribution in [0.25, 0.3) is 0 Å². The first-order valence-corrected chi connectivity index (χ1v) is 16.0. The molecule has 1 heterocycles. The fraction of sp³-hybridized carbons (Fsp3) is 0.800. The van der Waals surface area contributed by atoms with Crippen molar-refractivity contribution >= 4 is 5.97 Å². The molecule has 0 bridgehead atoms. The third-order valence-electron chi connectivity index (χ3n) is 12.9. The number of carbonyl (C=O) groups excluding carboxylic acids is 1. The predicted octanol–water partition coefficient (Wildman–Crippen LogP) is 8.71. The van der Waals surface area contributed by atoms with Gasteiger partial charge < -0.3 is 9.47 Å². The molecule has 38 heavy (non-hydrogen) atoms. The molecular weight excluding hydrogens is 468 g/mol. The number of esters is 1. The van der Waals surface area contributed by atoms with Crippen molar-refractivity contribution in [3.63, 3.8) is 0 Å². The molecule has 210 valence electrons. The smallest absolute Gasteiger partial charge is 0.338 e. The Balaban J connectivity index is 1.17. The molecule has 0 radical (unpaired) electrons. The lowest BCUT2D eigenvalue weighted by molar-refractivity contribution is -0.132. The van der Waals surface area contributed by atoms with Crippen LogP contribution in [0.1, 0.15) is 116 Å². The number of fused-ring (bicyclic) bond motifs is 4. The van der Waals surface area contributed by atoms with Crippen LogP contribution in [0.5, 0.6) is 0 Å². The summed E-state index contributed by atoms with van der Waals surface area (Å²) in [4.78, 5) is 12.8. The van der Waals surface area contributed by atoms with Crippen LogP contribution < -0.4 is 0 Å². The van der Waals surface area contributed by atoms with E-state index in [1.54, 1.807) is 0 Å². The average molecular weight is 521 g/mol. The van der Waals surface area contributed by atoms with Gasteiger partial charge in [-0.15, -0.1) is 0 Å². The molecule has 0 aromatic heterocycles. The first-order chi connectivity index (χ1) is 18.1. The summed E-state index contributed by atoms with van der Waals surface area (Å²) in [5.74, 6) is 5.37. The minimum atomic E-state index is -0.178. The Hall–Kier alpha value is -1.35. The molecule has 3 nitrogen and oxygen atoms in total. The molecule has 3 heteroatoms. The molecule has 11 atom stereocenters. The highest BCUT2D eigenvalue weighted by atomic mass is 16.6. The summed E-state index contributed by atoms with van der Waals surface area (Å²) in [5, 5.41) is 0. The first kappa shape index (κ1) is 26.9. The SMILES string of the molecule is CC(C)CCC[C@@H](C)[C@@H]1CC[C@@H]2[C@H]3[C@H](C)[C@@H]4O[C@@]45C[C@@H](OC(=O)c4ccccc4)CC[C@]5(C)[C@@H]3CC[C@]21C. The zero-order valence-corrected chi connectivity index (χ0v) is 24.9. The highest BCUT2D eigenvalue weighted by Gasteiger charge is 2.78. The van der Waals surface area contributed by atoms with E-state index in [-0.39, 0.29) is 23.1 Å². The molecule has 0 amide bonds. The van der Waals surface area contributed by atoms with Crippen molar-refractivity contribution in [2.24, 2.45) is 52.3 Å². The number of rotatable bonds is 7. The molecule has 4 aliphatic carbocycles. The third-order valence-corrected chi connectivity index (χ3v) is 12.9. The van der Waals surface area contributed by atoms with Gasteiger partial charge in [-0.1, -0.05) is 79.0 Å². The average Bonchev–Trinajstić information content (AvgIpc) is 3.51. The summed E-state index contributed by atoms with van der Waals surface area (Å²) < 4.78 is 12.9. The zero-order chi connectivity index (χ0) is 26.9. The van der Waals surface area contributed by atoms with Crippen LogP contribution >= 0.6 is 0 Å². The van der Waals surface area contributed by atoms with E-state index in [1.807, 2.05) is 30.3 Å². The van der Waals surface area contributed by atoms with Gasteiger partial charge in [-0.25, -0.2) is 4.79 Å². The van der Waals surface area contributed by atoms with Gasteiger partial charge in [0.25, 0.3) is 0 Å². The van der Waals surface area contributed by atoms with Crippen LogP contribution in [0.2, 0.25) is 0 Å². The summed E-state index contributed by atoms with van der Waals surface area (Å²) in [6.07, 6.45) is 13.1. The van der Waals surface area contributed by atoms with E-state index < -0.39 is 0 Å². The number of hydrogen-bond donors (Lipinski definition) is 0. The van der Waals surface area contributed by atoms with Crippen LogP contribution in [0.15, 0.2) is 30.3 Å². The van der Waals surface area contributed by atoms with Crippen LogP contribution in [-0.4, -0.2) is 23.8 Å². The second-order valence-corrected chi connectivity index (χ2v) is 15.2. The van der Waals surface area contributed by atoms with Crippen molar-refractivity contribution < 1.29 is 14.3 Å². The molecule has 0 N–H and O–H groups in total. The molecular formula is C35H52O3. The van der Waals surface area contributed by atoms with Gasteiger partial charge in [0.2, 0.25) is 0 Å². The van der Waals surface area contributed by atoms with Gasteiger partial charge in [-0.2, -0.15) is 0 Å². The Labute approximate surface area is 231 Å². The van der Waals surface area contributed by atoms with Crippen molar-refractivity contribution in [1.29, 1.82) is 0 Å². The van der Waals surface area contributed by atoms with Gasteiger partial charge in [0.15, 0.2) is 0 Å². The number of epoxide rings is 1. The number of carbonyl (C=O) groups is 1. The van der Waals surface area contributed by atoms with Crippen molar-refractivity contribution in [2.45, 2.75) is 124 Å². The van der Waals surface area contributed by atoms with Gasteiger partial charge in [-0.05, 0) is 97.5 Å². The zero-order valence-electron chi connectivity index (χ0n) is 24.9. The second-order valence-electron chi connectivity index (χ2n) is 15.2. The van der Waals surface area contributed by atoms with Crippen LogP contribution in [0, 0.1) is 52.3 Å². The van der Waals surface area contributed by atoms with Crippen LogP contribution in [0.3, 0.4) is 0 Å². The van der Waals surface area contributed by atoms with Gasteiger partial charge in [0, 0.05) is 11.8 Å². The highest BCUT2D eigenvalue weighted by Crippen LogP contribution is 2.75. The molecule has 6 rings (SSSR count). The van der Waals surface area contributed by atoms with E-state index in [9.17, 15) is 4.79 Å². The quantitative estimate of drug-likeness (QED) is 0.266. The van der Waals surface area contributed by atoms with E-state index >= 15 is 0 Å². The fourth-order valence-corrected chi connectivity index (χ4v) is 11.0. The van der Waals surface area contributed by atoms with Crippen molar-refractivity contribution in [3.05, 3.63) is 35.9 Å². The summed E-state index contributed by atoms with van der Waals surface area (Å²) in [6.45, 7) is 15.1. The van der Waals surface area contributed by atoms with E-state index in [1.165, 1.54) is 44.9 Å². The Morgan fingerprint density at radius 1 is 1.00 bits per heavy atom. The predicted molar refractivity (Wildman–Crippen MR) is 153 cm³/mol. The van der Waals surface area contributed by atoms with Crippen LogP contribution in [-0.2, 0) is 9.47 Å². The molecule has 0 unspecified atom stereocenters. The van der Waals surface area contributed by atoms with Gasteiger partial charge in [0.05, 0.1) is 11.7 Å². The lowest BCUT2D eigenvalue weighted by Crippen LogP contribution is -2.61. The summed E-state index contributed by atoms with van der Waals surface area (Å²) in [6, 6.07) is 9.48. The largest absolute Gasteiger partial charge is 0.459 e. The molecule has 4 saturated carbocycles. The first-order valence-electron chi connectivity index (χ1n) is 16.0. The normalized spacial score (nSPS) is 45.9. The Bertz CT molecular complexity index is 1020. The van der Waals surface area contributed by atoms with Crippen LogP contribution in [0.4, 0.5) is 0 Å². The summed E-state index contributed by atoms with van der Waals surface area (Å²) in [5.41, 5.74) is 1.29. The fourth-order valence-electron chi connectivity index (χ4n) is 11.0. The Morgan fingerprint density at radius 3 is 2.50 bits per heavy atom. The number of ether oxygens (including phenoxy) is 2. The summed E-state index contributed by atoms with van der Waals surface area (Å²) in [7, 11) is 0. The van der Waals surface area contributed by atoms with E-state index in [0.717, 1.165) is 54.8 Å². The molecule has 5 fully saturated rings. The van der Waals surface area contributed by atoms with Crippen molar-refractivity contribution in [3.8, 4) is 0 Å². The minimum Gasteiger partial charge on any atom is -0.459 e. The number of benzene rings is 1. The highest BCUT2D eigenvalue weighted by molar-refractivity contribution is 5.89. The minimum absolute atomic E-state index is 0.0269. The maximum Gasteiger partial charge on any atom is 0.338 e. The maximum absolute atomic E-state index is 12.8. The van der Waals surface area contributed by atoms with E-state index in [2.05, 4.69) is 41.5 Å². The molecule has 1 saturated heterocycles. The Kier molecular flexibility index (Phi) is 6.81.